The number of rotatable bonds is 2. The third-order valence-electron chi connectivity index (χ3n) is 3.36. The Labute approximate surface area is 100 Å². The molecule has 0 saturated carbocycles. The van der Waals surface area contributed by atoms with Crippen molar-refractivity contribution in [3.63, 3.8) is 0 Å². The Morgan fingerprint density at radius 3 is 3.44 bits per heavy atom. The van der Waals surface area contributed by atoms with Gasteiger partial charge >= 0.3 is 0 Å². The molecule has 0 spiro atoms. The van der Waals surface area contributed by atoms with Crippen LogP contribution in [0, 0.1) is 0 Å². The van der Waals surface area contributed by atoms with Crippen LogP contribution < -0.4 is 5.32 Å². The minimum absolute atomic E-state index is 0.522. The van der Waals surface area contributed by atoms with Gasteiger partial charge in [-0.05, 0) is 23.4 Å². The van der Waals surface area contributed by atoms with Gasteiger partial charge in [-0.25, -0.2) is 0 Å². The molecule has 1 unspecified atom stereocenters. The van der Waals surface area contributed by atoms with Gasteiger partial charge in [0, 0.05) is 37.1 Å². The summed E-state index contributed by atoms with van der Waals surface area (Å²) in [5.74, 6) is 0. The van der Waals surface area contributed by atoms with Gasteiger partial charge in [0.25, 0.3) is 0 Å². The molecule has 3 rings (SSSR count). The zero-order valence-electron chi connectivity index (χ0n) is 9.45. The Bertz CT molecular complexity index is 347. The van der Waals surface area contributed by atoms with Crippen LogP contribution in [0.3, 0.4) is 0 Å². The molecule has 3 heterocycles. The summed E-state index contributed by atoms with van der Waals surface area (Å²) in [5, 5.41) is 5.74. The molecule has 88 valence electrons. The summed E-state index contributed by atoms with van der Waals surface area (Å²) in [6, 6.07) is 2.80. The molecule has 1 saturated heterocycles. The van der Waals surface area contributed by atoms with E-state index in [1.807, 2.05) is 11.3 Å². The summed E-state index contributed by atoms with van der Waals surface area (Å²) in [6.45, 7) is 6.18. The maximum Gasteiger partial charge on any atom is 0.0632 e. The van der Waals surface area contributed by atoms with Crippen LogP contribution in [0.2, 0.25) is 0 Å². The summed E-state index contributed by atoms with van der Waals surface area (Å²) >= 11 is 1.91. The monoisotopic (exact) mass is 238 g/mol. The topological polar surface area (TPSA) is 24.5 Å². The molecule has 2 aliphatic rings. The van der Waals surface area contributed by atoms with E-state index in [1.54, 1.807) is 4.88 Å². The first-order valence-corrected chi connectivity index (χ1v) is 6.88. The highest BCUT2D eigenvalue weighted by Gasteiger charge is 2.21. The molecule has 2 aliphatic heterocycles. The highest BCUT2D eigenvalue weighted by molar-refractivity contribution is 7.10. The second kappa shape index (κ2) is 4.84. The molecular weight excluding hydrogens is 220 g/mol. The third kappa shape index (κ3) is 2.30. The average molecular weight is 238 g/mol. The zero-order chi connectivity index (χ0) is 10.8. The molecule has 0 amide bonds. The van der Waals surface area contributed by atoms with Crippen LogP contribution in [0.5, 0.6) is 0 Å². The summed E-state index contributed by atoms with van der Waals surface area (Å²) in [5.41, 5.74) is 1.54. The SMILES string of the molecule is c1cc2c(s1)CCN(CC1COCCN1)C2. The van der Waals surface area contributed by atoms with Crippen LogP contribution in [0.1, 0.15) is 10.4 Å². The van der Waals surface area contributed by atoms with Gasteiger partial charge in [0.05, 0.1) is 13.2 Å². The lowest BCUT2D eigenvalue weighted by Gasteiger charge is -2.32. The average Bonchev–Trinajstić information content (AvgIpc) is 2.77. The lowest BCUT2D eigenvalue weighted by Crippen LogP contribution is -2.49. The maximum atomic E-state index is 5.49. The highest BCUT2D eigenvalue weighted by atomic mass is 32.1. The van der Waals surface area contributed by atoms with Crippen LogP contribution in [-0.2, 0) is 17.7 Å². The Morgan fingerprint density at radius 2 is 2.56 bits per heavy atom. The van der Waals surface area contributed by atoms with Crippen molar-refractivity contribution in [2.24, 2.45) is 0 Å². The van der Waals surface area contributed by atoms with Crippen molar-refractivity contribution in [1.29, 1.82) is 0 Å². The number of fused-ring (bicyclic) bond motifs is 1. The largest absolute Gasteiger partial charge is 0.378 e. The fourth-order valence-electron chi connectivity index (χ4n) is 2.51. The number of morpholine rings is 1. The van der Waals surface area contributed by atoms with Crippen molar-refractivity contribution in [3.05, 3.63) is 21.9 Å². The second-order valence-electron chi connectivity index (χ2n) is 4.58. The van der Waals surface area contributed by atoms with E-state index >= 15 is 0 Å². The van der Waals surface area contributed by atoms with Crippen LogP contribution in [0.25, 0.3) is 0 Å². The predicted octanol–water partition coefficient (Wildman–Crippen LogP) is 1.09. The standard InChI is InChI=1S/C12H18N2OS/c1-4-14(7-10-2-6-16-12(1)10)8-11-9-15-5-3-13-11/h2,6,11,13H,1,3-5,7-9H2. The van der Waals surface area contributed by atoms with Gasteiger partial charge in [-0.1, -0.05) is 0 Å². The third-order valence-corrected chi connectivity index (χ3v) is 4.39. The van der Waals surface area contributed by atoms with Gasteiger partial charge < -0.3 is 10.1 Å². The molecule has 1 atom stereocenters. The second-order valence-corrected chi connectivity index (χ2v) is 5.58. The maximum absolute atomic E-state index is 5.49. The first-order valence-electron chi connectivity index (χ1n) is 6.00. The normalized spacial score (nSPS) is 26.6. The van der Waals surface area contributed by atoms with Gasteiger partial charge in [-0.2, -0.15) is 0 Å². The number of hydrogen-bond acceptors (Lipinski definition) is 4. The van der Waals surface area contributed by atoms with Gasteiger partial charge in [0.2, 0.25) is 0 Å². The minimum Gasteiger partial charge on any atom is -0.378 e. The van der Waals surface area contributed by atoms with E-state index in [9.17, 15) is 0 Å². The summed E-state index contributed by atoms with van der Waals surface area (Å²) < 4.78 is 5.49. The molecule has 3 nitrogen and oxygen atoms in total. The molecule has 1 N–H and O–H groups in total. The van der Waals surface area contributed by atoms with Crippen molar-refractivity contribution >= 4 is 11.3 Å². The lowest BCUT2D eigenvalue weighted by molar-refractivity contribution is 0.0599. The van der Waals surface area contributed by atoms with E-state index in [2.05, 4.69) is 21.7 Å². The first-order chi connectivity index (χ1) is 7.92. The molecule has 1 aromatic rings. The first kappa shape index (κ1) is 10.7. The van der Waals surface area contributed by atoms with Crippen LogP contribution in [0.4, 0.5) is 0 Å². The molecule has 0 bridgehead atoms. The Hall–Kier alpha value is -0.420. The predicted molar refractivity (Wildman–Crippen MR) is 65.9 cm³/mol. The molecule has 1 aromatic heterocycles. The molecule has 0 aromatic carbocycles. The van der Waals surface area contributed by atoms with Gasteiger partial charge in [0.15, 0.2) is 0 Å². The van der Waals surface area contributed by atoms with Crippen molar-refractivity contribution in [3.8, 4) is 0 Å². The molecule has 16 heavy (non-hydrogen) atoms. The van der Waals surface area contributed by atoms with Crippen LogP contribution in [-0.4, -0.2) is 43.8 Å². The van der Waals surface area contributed by atoms with Gasteiger partial charge in [-0.15, -0.1) is 11.3 Å². The lowest BCUT2D eigenvalue weighted by atomic mass is 10.1. The van der Waals surface area contributed by atoms with E-state index in [0.717, 1.165) is 32.8 Å². The number of thiophene rings is 1. The van der Waals surface area contributed by atoms with Gasteiger partial charge in [0.1, 0.15) is 0 Å². The molecule has 1 fully saturated rings. The minimum atomic E-state index is 0.522. The molecule has 0 radical (unpaired) electrons. The van der Waals surface area contributed by atoms with E-state index in [4.69, 9.17) is 4.74 Å². The van der Waals surface area contributed by atoms with E-state index in [-0.39, 0.29) is 0 Å². The smallest absolute Gasteiger partial charge is 0.0632 e. The number of nitrogens with one attached hydrogen (secondary N) is 1. The number of nitrogens with zero attached hydrogens (tertiary/aromatic N) is 1. The fourth-order valence-corrected chi connectivity index (χ4v) is 3.40. The Balaban J connectivity index is 1.57. The highest BCUT2D eigenvalue weighted by Crippen LogP contribution is 2.23. The van der Waals surface area contributed by atoms with E-state index in [0.29, 0.717) is 6.04 Å². The van der Waals surface area contributed by atoms with E-state index < -0.39 is 0 Å². The van der Waals surface area contributed by atoms with E-state index in [1.165, 1.54) is 18.5 Å². The van der Waals surface area contributed by atoms with Crippen molar-refractivity contribution in [1.82, 2.24) is 10.2 Å². The van der Waals surface area contributed by atoms with Gasteiger partial charge in [-0.3, -0.25) is 4.90 Å². The molecule has 4 heteroatoms. The Kier molecular flexibility index (Phi) is 3.24. The molecule has 0 aliphatic carbocycles. The summed E-state index contributed by atoms with van der Waals surface area (Å²) in [4.78, 5) is 4.13. The quantitative estimate of drug-likeness (QED) is 0.835. The van der Waals surface area contributed by atoms with Crippen molar-refractivity contribution < 1.29 is 4.74 Å². The summed E-state index contributed by atoms with van der Waals surface area (Å²) in [7, 11) is 0. The summed E-state index contributed by atoms with van der Waals surface area (Å²) in [6.07, 6.45) is 1.22. The van der Waals surface area contributed by atoms with Crippen molar-refractivity contribution in [2.45, 2.75) is 19.0 Å². The van der Waals surface area contributed by atoms with Crippen LogP contribution in [0.15, 0.2) is 11.4 Å². The fraction of sp³-hybridized carbons (Fsp3) is 0.667. The zero-order valence-corrected chi connectivity index (χ0v) is 10.3. The Morgan fingerprint density at radius 1 is 1.56 bits per heavy atom. The number of ether oxygens (including phenoxy) is 1. The van der Waals surface area contributed by atoms with Crippen molar-refractivity contribution in [2.75, 3.05) is 32.8 Å². The van der Waals surface area contributed by atoms with Crippen LogP contribution >= 0.6 is 11.3 Å². The number of hydrogen-bond donors (Lipinski definition) is 1. The molecular formula is C12H18N2OS.